The van der Waals surface area contributed by atoms with E-state index < -0.39 is 10.0 Å². The molecule has 1 aromatic rings. The minimum atomic E-state index is -3.45. The third-order valence-electron chi connectivity index (χ3n) is 3.37. The average molecular weight is 464 g/mol. The van der Waals surface area contributed by atoms with Gasteiger partial charge in [0, 0.05) is 26.7 Å². The average Bonchev–Trinajstić information content (AvgIpc) is 2.54. The number of terminal acetylenes is 1. The summed E-state index contributed by atoms with van der Waals surface area (Å²) in [7, 11) is -0.212. The zero-order valence-electron chi connectivity index (χ0n) is 14.4. The van der Waals surface area contributed by atoms with Crippen LogP contribution in [-0.2, 0) is 16.6 Å². The van der Waals surface area contributed by atoms with E-state index in [1.807, 2.05) is 13.8 Å². The Hall–Kier alpha value is -1.31. The van der Waals surface area contributed by atoms with Crippen LogP contribution in [0.15, 0.2) is 34.2 Å². The molecule has 0 unspecified atom stereocenters. The number of sulfonamides is 1. The number of guanidine groups is 1. The third kappa shape index (κ3) is 6.30. The number of rotatable bonds is 6. The van der Waals surface area contributed by atoms with Gasteiger partial charge in [0.05, 0.1) is 11.4 Å². The van der Waals surface area contributed by atoms with Crippen LogP contribution in [0, 0.1) is 12.3 Å². The lowest BCUT2D eigenvalue weighted by atomic mass is 10.2. The summed E-state index contributed by atoms with van der Waals surface area (Å²) in [5.41, 5.74) is 0.944. The summed E-state index contributed by atoms with van der Waals surface area (Å²) in [5.74, 6) is 3.07. The van der Waals surface area contributed by atoms with Gasteiger partial charge in [0.15, 0.2) is 5.96 Å². The Morgan fingerprint density at radius 2 is 1.88 bits per heavy atom. The van der Waals surface area contributed by atoms with Crippen molar-refractivity contribution in [2.75, 3.05) is 20.6 Å². The summed E-state index contributed by atoms with van der Waals surface area (Å²) in [5, 5.41) is 6.06. The second-order valence-corrected chi connectivity index (χ2v) is 7.24. The zero-order chi connectivity index (χ0) is 17.5. The largest absolute Gasteiger partial charge is 0.352 e. The fourth-order valence-corrected chi connectivity index (χ4v) is 3.13. The first-order valence-corrected chi connectivity index (χ1v) is 8.72. The molecule has 2 N–H and O–H groups in total. The molecule has 0 atom stereocenters. The highest BCUT2D eigenvalue weighted by Gasteiger charge is 2.22. The molecule has 0 saturated carbocycles. The molecule has 0 radical (unpaired) electrons. The molecule has 8 heteroatoms. The van der Waals surface area contributed by atoms with Gasteiger partial charge in [-0.05, 0) is 31.5 Å². The molecule has 0 fully saturated rings. The van der Waals surface area contributed by atoms with Crippen LogP contribution < -0.4 is 10.6 Å². The van der Waals surface area contributed by atoms with Gasteiger partial charge in [-0.1, -0.05) is 18.1 Å². The van der Waals surface area contributed by atoms with E-state index >= 15 is 0 Å². The first-order valence-electron chi connectivity index (χ1n) is 7.28. The SMILES string of the molecule is C#CCNC(=NC)NCc1ccc(S(=O)(=O)N(C)C(C)C)cc1.I. The second kappa shape index (κ2) is 10.5. The van der Waals surface area contributed by atoms with Gasteiger partial charge in [-0.2, -0.15) is 4.31 Å². The minimum absolute atomic E-state index is 0. The summed E-state index contributed by atoms with van der Waals surface area (Å²) < 4.78 is 26.1. The lowest BCUT2D eigenvalue weighted by Gasteiger charge is -2.21. The van der Waals surface area contributed by atoms with Gasteiger partial charge in [-0.25, -0.2) is 8.42 Å². The molecular weight excluding hydrogens is 439 g/mol. The molecule has 6 nitrogen and oxygen atoms in total. The molecule has 134 valence electrons. The molecule has 0 heterocycles. The Labute approximate surface area is 162 Å². The lowest BCUT2D eigenvalue weighted by Crippen LogP contribution is -2.36. The molecule has 24 heavy (non-hydrogen) atoms. The quantitative estimate of drug-likeness (QED) is 0.291. The predicted octanol–water partition coefficient (Wildman–Crippen LogP) is 1.63. The maximum Gasteiger partial charge on any atom is 0.243 e. The van der Waals surface area contributed by atoms with Crippen LogP contribution in [0.3, 0.4) is 0 Å². The van der Waals surface area contributed by atoms with Gasteiger partial charge in [-0.3, -0.25) is 4.99 Å². The van der Waals surface area contributed by atoms with E-state index in [-0.39, 0.29) is 34.9 Å². The predicted molar refractivity (Wildman–Crippen MR) is 109 cm³/mol. The van der Waals surface area contributed by atoms with E-state index in [1.54, 1.807) is 38.4 Å². The van der Waals surface area contributed by atoms with Gasteiger partial charge in [0.25, 0.3) is 0 Å². The van der Waals surface area contributed by atoms with E-state index in [2.05, 4.69) is 21.5 Å². The molecule has 0 aliphatic carbocycles. The standard InChI is InChI=1S/C16H24N4O2S.HI/c1-6-11-18-16(17-4)19-12-14-7-9-15(10-8-14)23(21,22)20(5)13(2)3;/h1,7-10,13H,11-12H2,2-5H3,(H2,17,18,19);1H. The highest BCUT2D eigenvalue weighted by molar-refractivity contribution is 14.0. The van der Waals surface area contributed by atoms with Gasteiger partial charge >= 0.3 is 0 Å². The Morgan fingerprint density at radius 3 is 2.33 bits per heavy atom. The smallest absolute Gasteiger partial charge is 0.243 e. The van der Waals surface area contributed by atoms with E-state index in [0.717, 1.165) is 5.56 Å². The number of halogens is 1. The first kappa shape index (κ1) is 22.7. The number of nitrogens with one attached hydrogen (secondary N) is 2. The van der Waals surface area contributed by atoms with E-state index in [9.17, 15) is 8.42 Å². The van der Waals surface area contributed by atoms with Crippen LogP contribution in [0.2, 0.25) is 0 Å². The van der Waals surface area contributed by atoms with Crippen molar-refractivity contribution in [3.05, 3.63) is 29.8 Å². The lowest BCUT2D eigenvalue weighted by molar-refractivity contribution is 0.410. The minimum Gasteiger partial charge on any atom is -0.352 e. The van der Waals surface area contributed by atoms with Crippen LogP contribution in [-0.4, -0.2) is 45.4 Å². The summed E-state index contributed by atoms with van der Waals surface area (Å²) >= 11 is 0. The molecule has 1 rings (SSSR count). The summed E-state index contributed by atoms with van der Waals surface area (Å²) in [6, 6.07) is 6.70. The Balaban J connectivity index is 0.00000529. The van der Waals surface area contributed by atoms with Crippen LogP contribution in [0.5, 0.6) is 0 Å². The van der Waals surface area contributed by atoms with Crippen molar-refractivity contribution in [2.45, 2.75) is 31.3 Å². The maximum absolute atomic E-state index is 12.4. The molecule has 0 spiro atoms. The summed E-state index contributed by atoms with van der Waals surface area (Å²) in [6.45, 7) is 4.58. The number of hydrogen-bond donors (Lipinski definition) is 2. The van der Waals surface area contributed by atoms with Crippen molar-refractivity contribution in [1.82, 2.24) is 14.9 Å². The zero-order valence-corrected chi connectivity index (χ0v) is 17.6. The van der Waals surface area contributed by atoms with Gasteiger partial charge in [-0.15, -0.1) is 30.4 Å². The molecule has 0 bridgehead atoms. The molecule has 1 aromatic carbocycles. The Bertz CT molecular complexity index is 679. The monoisotopic (exact) mass is 464 g/mol. The van der Waals surface area contributed by atoms with Gasteiger partial charge in [0.2, 0.25) is 10.0 Å². The van der Waals surface area contributed by atoms with E-state index in [1.165, 1.54) is 4.31 Å². The summed E-state index contributed by atoms with van der Waals surface area (Å²) in [6.07, 6.45) is 5.19. The number of nitrogens with zero attached hydrogens (tertiary/aromatic N) is 2. The maximum atomic E-state index is 12.4. The number of hydrogen-bond acceptors (Lipinski definition) is 3. The van der Waals surface area contributed by atoms with Gasteiger partial charge in [0.1, 0.15) is 0 Å². The van der Waals surface area contributed by atoms with Crippen molar-refractivity contribution < 1.29 is 8.42 Å². The molecular formula is C16H25IN4O2S. The number of aliphatic imine (C=N–C) groups is 1. The molecule has 0 aliphatic rings. The van der Waals surface area contributed by atoms with E-state index in [4.69, 9.17) is 6.42 Å². The van der Waals surface area contributed by atoms with Crippen molar-refractivity contribution in [2.24, 2.45) is 4.99 Å². The molecule has 0 aromatic heterocycles. The van der Waals surface area contributed by atoms with E-state index in [0.29, 0.717) is 19.0 Å². The third-order valence-corrected chi connectivity index (χ3v) is 5.42. The van der Waals surface area contributed by atoms with Crippen LogP contribution in [0.4, 0.5) is 0 Å². The Kier molecular flexibility index (Phi) is 9.96. The van der Waals surface area contributed by atoms with Gasteiger partial charge < -0.3 is 10.6 Å². The number of benzene rings is 1. The van der Waals surface area contributed by atoms with Crippen molar-refractivity contribution in [3.8, 4) is 12.3 Å². The fraction of sp³-hybridized carbons (Fsp3) is 0.438. The normalized spacial score (nSPS) is 11.8. The van der Waals surface area contributed by atoms with Crippen LogP contribution >= 0.6 is 24.0 Å². The topological polar surface area (TPSA) is 73.8 Å². The molecule has 0 amide bonds. The fourth-order valence-electron chi connectivity index (χ4n) is 1.76. The van der Waals surface area contributed by atoms with Crippen molar-refractivity contribution in [3.63, 3.8) is 0 Å². The summed E-state index contributed by atoms with van der Waals surface area (Å²) in [4.78, 5) is 4.32. The second-order valence-electron chi connectivity index (χ2n) is 5.24. The molecule has 0 aliphatic heterocycles. The highest BCUT2D eigenvalue weighted by atomic mass is 127. The Morgan fingerprint density at radius 1 is 1.29 bits per heavy atom. The molecule has 0 saturated heterocycles. The van der Waals surface area contributed by atoms with Crippen molar-refractivity contribution in [1.29, 1.82) is 0 Å². The van der Waals surface area contributed by atoms with Crippen LogP contribution in [0.1, 0.15) is 19.4 Å². The van der Waals surface area contributed by atoms with Crippen LogP contribution in [0.25, 0.3) is 0 Å². The van der Waals surface area contributed by atoms with Crippen molar-refractivity contribution >= 4 is 40.0 Å². The highest BCUT2D eigenvalue weighted by Crippen LogP contribution is 2.17. The first-order chi connectivity index (χ1) is 10.8.